The molecular weight excluding hydrogens is 251 g/mol. The zero-order valence-corrected chi connectivity index (χ0v) is 9.19. The Kier molecular flexibility index (Phi) is 2.56. The number of imidazole rings is 1. The van der Waals surface area contributed by atoms with E-state index in [1.807, 2.05) is 18.2 Å². The third-order valence-electron chi connectivity index (χ3n) is 1.82. The first-order valence-electron chi connectivity index (χ1n) is 4.00. The summed E-state index contributed by atoms with van der Waals surface area (Å²) in [7, 11) is 0. The standard InChI is InChI=1S/C9H8BrClN2/c10-6-1-2-7-8(5-6)13-9(12-7)3-4-11/h1-2,5H,3-4H2,(H,12,13). The summed E-state index contributed by atoms with van der Waals surface area (Å²) in [6, 6.07) is 5.97. The molecule has 0 aliphatic heterocycles. The highest BCUT2D eigenvalue weighted by Crippen LogP contribution is 2.17. The lowest BCUT2D eigenvalue weighted by Gasteiger charge is -1.88. The molecule has 1 aromatic carbocycles. The number of aromatic amines is 1. The van der Waals surface area contributed by atoms with Gasteiger partial charge in [0.05, 0.1) is 11.0 Å². The van der Waals surface area contributed by atoms with Gasteiger partial charge in [-0.05, 0) is 18.2 Å². The highest BCUT2D eigenvalue weighted by atomic mass is 79.9. The summed E-state index contributed by atoms with van der Waals surface area (Å²) < 4.78 is 1.06. The van der Waals surface area contributed by atoms with Gasteiger partial charge in [0.1, 0.15) is 5.82 Å². The van der Waals surface area contributed by atoms with E-state index in [0.717, 1.165) is 27.8 Å². The molecule has 4 heteroatoms. The minimum absolute atomic E-state index is 0.598. The molecular formula is C9H8BrClN2. The maximum atomic E-state index is 5.63. The lowest BCUT2D eigenvalue weighted by atomic mass is 10.3. The summed E-state index contributed by atoms with van der Waals surface area (Å²) in [4.78, 5) is 7.59. The number of fused-ring (bicyclic) bond motifs is 1. The number of rotatable bonds is 2. The van der Waals surface area contributed by atoms with Crippen molar-refractivity contribution < 1.29 is 0 Å². The molecule has 0 aliphatic rings. The van der Waals surface area contributed by atoms with Crippen molar-refractivity contribution in [1.29, 1.82) is 0 Å². The van der Waals surface area contributed by atoms with Crippen LogP contribution in [0, 0.1) is 0 Å². The van der Waals surface area contributed by atoms with E-state index in [2.05, 4.69) is 25.9 Å². The number of aromatic nitrogens is 2. The van der Waals surface area contributed by atoms with E-state index in [9.17, 15) is 0 Å². The lowest BCUT2D eigenvalue weighted by molar-refractivity contribution is 1.01. The van der Waals surface area contributed by atoms with Gasteiger partial charge < -0.3 is 4.98 Å². The van der Waals surface area contributed by atoms with E-state index in [4.69, 9.17) is 11.6 Å². The summed E-state index contributed by atoms with van der Waals surface area (Å²) in [6.45, 7) is 0. The van der Waals surface area contributed by atoms with Crippen molar-refractivity contribution >= 4 is 38.6 Å². The van der Waals surface area contributed by atoms with Crippen LogP contribution in [0.5, 0.6) is 0 Å². The minimum atomic E-state index is 0.598. The molecule has 0 amide bonds. The van der Waals surface area contributed by atoms with Crippen LogP contribution in [0.25, 0.3) is 11.0 Å². The van der Waals surface area contributed by atoms with Crippen molar-refractivity contribution in [3.8, 4) is 0 Å². The molecule has 0 atom stereocenters. The maximum absolute atomic E-state index is 5.63. The Hall–Kier alpha value is -0.540. The Morgan fingerprint density at radius 1 is 1.46 bits per heavy atom. The van der Waals surface area contributed by atoms with Crippen LogP contribution < -0.4 is 0 Å². The van der Waals surface area contributed by atoms with Crippen molar-refractivity contribution in [2.24, 2.45) is 0 Å². The summed E-state index contributed by atoms with van der Waals surface area (Å²) in [5.74, 6) is 1.55. The van der Waals surface area contributed by atoms with E-state index >= 15 is 0 Å². The predicted octanol–water partition coefficient (Wildman–Crippen LogP) is 3.11. The summed E-state index contributed by atoms with van der Waals surface area (Å²) in [5.41, 5.74) is 2.04. The Bertz CT molecular complexity index is 424. The predicted molar refractivity (Wildman–Crippen MR) is 58.2 cm³/mol. The van der Waals surface area contributed by atoms with Crippen LogP contribution in [0.2, 0.25) is 0 Å². The zero-order valence-electron chi connectivity index (χ0n) is 6.85. The number of hydrogen-bond donors (Lipinski definition) is 1. The fourth-order valence-electron chi connectivity index (χ4n) is 1.24. The van der Waals surface area contributed by atoms with Crippen molar-refractivity contribution in [3.05, 3.63) is 28.5 Å². The van der Waals surface area contributed by atoms with E-state index in [1.165, 1.54) is 0 Å². The van der Waals surface area contributed by atoms with Crippen LogP contribution in [-0.4, -0.2) is 15.8 Å². The zero-order chi connectivity index (χ0) is 9.26. The second-order valence-electron chi connectivity index (χ2n) is 2.78. The summed E-state index contributed by atoms with van der Waals surface area (Å²) in [6.07, 6.45) is 0.786. The number of hydrogen-bond acceptors (Lipinski definition) is 1. The molecule has 0 radical (unpaired) electrons. The molecule has 68 valence electrons. The van der Waals surface area contributed by atoms with Crippen LogP contribution in [0.3, 0.4) is 0 Å². The van der Waals surface area contributed by atoms with Gasteiger partial charge in [-0.1, -0.05) is 15.9 Å². The van der Waals surface area contributed by atoms with Gasteiger partial charge in [-0.3, -0.25) is 0 Å². The molecule has 1 N–H and O–H groups in total. The molecule has 1 heterocycles. The first-order valence-corrected chi connectivity index (χ1v) is 5.32. The topological polar surface area (TPSA) is 28.7 Å². The quantitative estimate of drug-likeness (QED) is 0.825. The lowest BCUT2D eigenvalue weighted by Crippen LogP contribution is -1.87. The van der Waals surface area contributed by atoms with E-state index in [1.54, 1.807) is 0 Å². The molecule has 2 rings (SSSR count). The van der Waals surface area contributed by atoms with Gasteiger partial charge in [-0.25, -0.2) is 4.98 Å². The van der Waals surface area contributed by atoms with E-state index in [-0.39, 0.29) is 0 Å². The van der Waals surface area contributed by atoms with Crippen molar-refractivity contribution in [2.45, 2.75) is 6.42 Å². The molecule has 1 aromatic heterocycles. The van der Waals surface area contributed by atoms with Crippen molar-refractivity contribution in [3.63, 3.8) is 0 Å². The monoisotopic (exact) mass is 258 g/mol. The van der Waals surface area contributed by atoms with Crippen LogP contribution in [0.1, 0.15) is 5.82 Å². The van der Waals surface area contributed by atoms with Gasteiger partial charge in [-0.2, -0.15) is 0 Å². The van der Waals surface area contributed by atoms with E-state index < -0.39 is 0 Å². The first kappa shape index (κ1) is 9.03. The Morgan fingerprint density at radius 2 is 2.31 bits per heavy atom. The number of nitrogens with zero attached hydrogens (tertiary/aromatic N) is 1. The number of aryl methyl sites for hydroxylation is 1. The van der Waals surface area contributed by atoms with Crippen LogP contribution in [0.15, 0.2) is 22.7 Å². The molecule has 0 bridgehead atoms. The summed E-state index contributed by atoms with van der Waals surface area (Å²) >= 11 is 9.03. The molecule has 0 spiro atoms. The Morgan fingerprint density at radius 3 is 3.08 bits per heavy atom. The smallest absolute Gasteiger partial charge is 0.108 e. The molecule has 0 unspecified atom stereocenters. The second-order valence-corrected chi connectivity index (χ2v) is 4.08. The van der Waals surface area contributed by atoms with Gasteiger partial charge in [0.15, 0.2) is 0 Å². The van der Waals surface area contributed by atoms with Crippen LogP contribution in [-0.2, 0) is 6.42 Å². The van der Waals surface area contributed by atoms with Crippen molar-refractivity contribution in [1.82, 2.24) is 9.97 Å². The number of halogens is 2. The molecule has 0 fully saturated rings. The normalized spacial score (nSPS) is 10.9. The van der Waals surface area contributed by atoms with Gasteiger partial charge in [-0.15, -0.1) is 11.6 Å². The third-order valence-corrected chi connectivity index (χ3v) is 2.51. The number of nitrogens with one attached hydrogen (secondary N) is 1. The van der Waals surface area contributed by atoms with Gasteiger partial charge >= 0.3 is 0 Å². The van der Waals surface area contributed by atoms with Crippen molar-refractivity contribution in [2.75, 3.05) is 5.88 Å². The highest BCUT2D eigenvalue weighted by Gasteiger charge is 2.01. The molecule has 13 heavy (non-hydrogen) atoms. The average molecular weight is 260 g/mol. The highest BCUT2D eigenvalue weighted by molar-refractivity contribution is 9.10. The van der Waals surface area contributed by atoms with Crippen LogP contribution >= 0.6 is 27.5 Å². The maximum Gasteiger partial charge on any atom is 0.108 e. The molecule has 0 aliphatic carbocycles. The number of benzene rings is 1. The Balaban J connectivity index is 2.49. The summed E-state index contributed by atoms with van der Waals surface area (Å²) in [5, 5.41) is 0. The van der Waals surface area contributed by atoms with Gasteiger partial charge in [0.2, 0.25) is 0 Å². The van der Waals surface area contributed by atoms with Gasteiger partial charge in [0.25, 0.3) is 0 Å². The fraction of sp³-hybridized carbons (Fsp3) is 0.222. The fourth-order valence-corrected chi connectivity index (χ4v) is 1.78. The Labute approximate surface area is 89.4 Å². The third kappa shape index (κ3) is 1.86. The molecule has 2 nitrogen and oxygen atoms in total. The molecule has 0 saturated heterocycles. The number of H-pyrrole nitrogens is 1. The second kappa shape index (κ2) is 3.68. The minimum Gasteiger partial charge on any atom is -0.342 e. The van der Waals surface area contributed by atoms with Crippen LogP contribution in [0.4, 0.5) is 0 Å². The first-order chi connectivity index (χ1) is 6.29. The van der Waals surface area contributed by atoms with E-state index in [0.29, 0.717) is 5.88 Å². The average Bonchev–Trinajstić information content (AvgIpc) is 2.46. The largest absolute Gasteiger partial charge is 0.342 e. The molecule has 2 aromatic rings. The molecule has 0 saturated carbocycles. The number of alkyl halides is 1. The SMILES string of the molecule is ClCCc1nc2ccc(Br)cc2[nH]1. The van der Waals surface area contributed by atoms with Gasteiger partial charge in [0, 0.05) is 16.8 Å².